The van der Waals surface area contributed by atoms with E-state index in [1.807, 2.05) is 31.2 Å². The summed E-state index contributed by atoms with van der Waals surface area (Å²) in [7, 11) is 0. The summed E-state index contributed by atoms with van der Waals surface area (Å²) in [6.07, 6.45) is 5.48. The Bertz CT molecular complexity index is 807. The van der Waals surface area contributed by atoms with Crippen LogP contribution < -0.4 is 4.90 Å². The van der Waals surface area contributed by atoms with E-state index in [-0.39, 0.29) is 48.1 Å². The average Bonchev–Trinajstić information content (AvgIpc) is 3.40. The van der Waals surface area contributed by atoms with Crippen molar-refractivity contribution in [1.82, 2.24) is 4.90 Å². The number of hydrogen-bond donors (Lipinski definition) is 0. The number of anilines is 1. The number of carbonyl (C=O) groups excluding carboxylic acids is 3. The summed E-state index contributed by atoms with van der Waals surface area (Å²) >= 11 is 0. The quantitative estimate of drug-likeness (QED) is 0.621. The van der Waals surface area contributed by atoms with Gasteiger partial charge in [-0.25, -0.2) is 0 Å². The fourth-order valence-electron chi connectivity index (χ4n) is 5.39. The van der Waals surface area contributed by atoms with Gasteiger partial charge in [-0.05, 0) is 49.1 Å². The van der Waals surface area contributed by atoms with Gasteiger partial charge in [0.15, 0.2) is 0 Å². The Labute approximate surface area is 152 Å². The molecule has 0 radical (unpaired) electrons. The Kier molecular flexibility index (Phi) is 3.21. The third kappa shape index (κ3) is 2.06. The summed E-state index contributed by atoms with van der Waals surface area (Å²) in [6.45, 7) is 3.46. The monoisotopic (exact) mass is 350 g/mol. The highest BCUT2D eigenvalue weighted by Gasteiger charge is 2.67. The summed E-state index contributed by atoms with van der Waals surface area (Å²) < 4.78 is 0. The first kappa shape index (κ1) is 15.8. The smallest absolute Gasteiger partial charge is 0.235 e. The molecule has 0 unspecified atom stereocenters. The zero-order valence-electron chi connectivity index (χ0n) is 15.0. The lowest BCUT2D eigenvalue weighted by Crippen LogP contribution is -2.44. The van der Waals surface area contributed by atoms with Crippen molar-refractivity contribution in [2.45, 2.75) is 20.3 Å². The Morgan fingerprint density at radius 3 is 2.08 bits per heavy atom. The van der Waals surface area contributed by atoms with Crippen LogP contribution in [-0.4, -0.2) is 29.3 Å². The van der Waals surface area contributed by atoms with Gasteiger partial charge in [0.25, 0.3) is 0 Å². The largest absolute Gasteiger partial charge is 0.294 e. The molecular formula is C21H22N2O3. The van der Waals surface area contributed by atoms with Crippen molar-refractivity contribution in [2.75, 3.05) is 11.6 Å². The van der Waals surface area contributed by atoms with Crippen LogP contribution in [0.15, 0.2) is 36.4 Å². The van der Waals surface area contributed by atoms with E-state index in [0.717, 1.165) is 12.0 Å². The molecule has 5 aliphatic rings. The fourth-order valence-corrected chi connectivity index (χ4v) is 5.39. The van der Waals surface area contributed by atoms with E-state index in [4.69, 9.17) is 0 Å². The number of hydrogen-bond acceptors (Lipinski definition) is 3. The van der Waals surface area contributed by atoms with Crippen LogP contribution in [0, 0.1) is 42.4 Å². The van der Waals surface area contributed by atoms with Crippen LogP contribution in [0.4, 0.5) is 5.69 Å². The number of carbonyl (C=O) groups is 3. The van der Waals surface area contributed by atoms with Crippen LogP contribution in [-0.2, 0) is 14.4 Å². The van der Waals surface area contributed by atoms with Crippen LogP contribution in [0.25, 0.3) is 0 Å². The summed E-state index contributed by atoms with van der Waals surface area (Å²) in [6, 6.07) is 7.57. The SMILES string of the molecule is CC(=O)N(CN1C(=O)[C@@H]2[C@H]3C=C[C@@H]([C@@H]4C[C@H]34)[C@@H]2C1=O)c1ccc(C)cc1. The van der Waals surface area contributed by atoms with Gasteiger partial charge >= 0.3 is 0 Å². The van der Waals surface area contributed by atoms with Gasteiger partial charge in [0.2, 0.25) is 17.7 Å². The zero-order valence-corrected chi connectivity index (χ0v) is 15.0. The lowest BCUT2D eigenvalue weighted by molar-refractivity contribution is -0.140. The molecule has 1 aromatic rings. The normalized spacial score (nSPS) is 36.2. The van der Waals surface area contributed by atoms with Crippen molar-refractivity contribution in [3.05, 3.63) is 42.0 Å². The molecule has 0 spiro atoms. The molecule has 1 saturated heterocycles. The minimum absolute atomic E-state index is 0.0117. The van der Waals surface area contributed by atoms with E-state index in [1.165, 1.54) is 16.7 Å². The van der Waals surface area contributed by atoms with E-state index >= 15 is 0 Å². The van der Waals surface area contributed by atoms with E-state index < -0.39 is 0 Å². The minimum atomic E-state index is -0.215. The van der Waals surface area contributed by atoms with E-state index in [2.05, 4.69) is 12.2 Å². The zero-order chi connectivity index (χ0) is 18.2. The van der Waals surface area contributed by atoms with Gasteiger partial charge in [-0.3, -0.25) is 24.2 Å². The lowest BCUT2D eigenvalue weighted by Gasteiger charge is -2.37. The second-order valence-corrected chi connectivity index (χ2v) is 8.18. The molecule has 6 rings (SSSR count). The van der Waals surface area contributed by atoms with E-state index in [9.17, 15) is 14.4 Å². The number of aryl methyl sites for hydroxylation is 1. The highest BCUT2D eigenvalue weighted by Crippen LogP contribution is 2.65. The molecule has 134 valence electrons. The molecule has 3 fully saturated rings. The molecular weight excluding hydrogens is 328 g/mol. The summed E-state index contributed by atoms with van der Waals surface area (Å²) in [5, 5.41) is 0. The number of imide groups is 1. The topological polar surface area (TPSA) is 57.7 Å². The third-order valence-corrected chi connectivity index (χ3v) is 6.76. The first-order valence-electron chi connectivity index (χ1n) is 9.35. The van der Waals surface area contributed by atoms with Gasteiger partial charge < -0.3 is 0 Å². The van der Waals surface area contributed by atoms with Gasteiger partial charge in [-0.2, -0.15) is 0 Å². The van der Waals surface area contributed by atoms with Crippen LogP contribution in [0.1, 0.15) is 18.9 Å². The van der Waals surface area contributed by atoms with Crippen molar-refractivity contribution in [3.8, 4) is 0 Å². The number of amides is 3. The van der Waals surface area contributed by atoms with E-state index in [0.29, 0.717) is 17.5 Å². The van der Waals surface area contributed by atoms with Gasteiger partial charge in [0.05, 0.1) is 11.8 Å². The van der Waals surface area contributed by atoms with Crippen molar-refractivity contribution >= 4 is 23.4 Å². The Balaban J connectivity index is 1.44. The highest BCUT2D eigenvalue weighted by atomic mass is 16.2. The molecule has 4 aliphatic carbocycles. The summed E-state index contributed by atoms with van der Waals surface area (Å²) in [5.41, 5.74) is 1.81. The van der Waals surface area contributed by atoms with Gasteiger partial charge in [-0.1, -0.05) is 29.8 Å². The number of allylic oxidation sites excluding steroid dienone is 2. The second kappa shape index (κ2) is 5.29. The molecule has 5 heteroatoms. The maximum Gasteiger partial charge on any atom is 0.235 e. The molecule has 5 nitrogen and oxygen atoms in total. The van der Waals surface area contributed by atoms with Crippen molar-refractivity contribution < 1.29 is 14.4 Å². The number of likely N-dealkylation sites (tertiary alicyclic amines) is 1. The molecule has 2 bridgehead atoms. The maximum atomic E-state index is 13.1. The van der Waals surface area contributed by atoms with Crippen molar-refractivity contribution in [1.29, 1.82) is 0 Å². The Morgan fingerprint density at radius 2 is 1.58 bits per heavy atom. The summed E-state index contributed by atoms with van der Waals surface area (Å²) in [5.74, 6) is 0.802. The molecule has 0 N–H and O–H groups in total. The number of rotatable bonds is 3. The lowest BCUT2D eigenvalue weighted by atomic mass is 9.63. The molecule has 6 atom stereocenters. The van der Waals surface area contributed by atoms with Crippen molar-refractivity contribution in [2.24, 2.45) is 35.5 Å². The number of benzene rings is 1. The molecule has 1 aliphatic heterocycles. The predicted octanol–water partition coefficient (Wildman–Crippen LogP) is 2.36. The molecule has 2 saturated carbocycles. The van der Waals surface area contributed by atoms with Crippen LogP contribution in [0.3, 0.4) is 0 Å². The molecule has 1 aromatic carbocycles. The Hall–Kier alpha value is -2.43. The molecule has 3 amide bonds. The molecule has 1 heterocycles. The van der Waals surface area contributed by atoms with Crippen LogP contribution in [0.2, 0.25) is 0 Å². The third-order valence-electron chi connectivity index (χ3n) is 6.76. The predicted molar refractivity (Wildman–Crippen MR) is 95.8 cm³/mol. The van der Waals surface area contributed by atoms with Crippen LogP contribution in [0.5, 0.6) is 0 Å². The first-order chi connectivity index (χ1) is 12.5. The summed E-state index contributed by atoms with van der Waals surface area (Å²) in [4.78, 5) is 41.2. The van der Waals surface area contributed by atoms with E-state index in [1.54, 1.807) is 0 Å². The van der Waals surface area contributed by atoms with Crippen molar-refractivity contribution in [3.63, 3.8) is 0 Å². The molecule has 0 aromatic heterocycles. The van der Waals surface area contributed by atoms with Gasteiger partial charge in [0, 0.05) is 12.6 Å². The fraction of sp³-hybridized carbons (Fsp3) is 0.476. The average molecular weight is 350 g/mol. The molecule has 26 heavy (non-hydrogen) atoms. The number of nitrogens with zero attached hydrogens (tertiary/aromatic N) is 2. The van der Waals surface area contributed by atoms with Gasteiger partial charge in [-0.15, -0.1) is 0 Å². The first-order valence-corrected chi connectivity index (χ1v) is 9.35. The minimum Gasteiger partial charge on any atom is -0.294 e. The van der Waals surface area contributed by atoms with Crippen LogP contribution >= 0.6 is 0 Å². The second-order valence-electron chi connectivity index (χ2n) is 8.18. The standard InChI is InChI=1S/C21H22N2O3/c1-11-3-5-13(6-4-11)22(12(2)24)10-23-20(25)18-14-7-8-15(17-9-16(14)17)19(18)21(23)26/h3-8,14-19H,9-10H2,1-2H3/t14-,15-,16-,17+,18-,19+/m0/s1. The highest BCUT2D eigenvalue weighted by molar-refractivity contribution is 6.07. The Morgan fingerprint density at radius 1 is 1.04 bits per heavy atom. The maximum absolute atomic E-state index is 13.1. The van der Waals surface area contributed by atoms with Gasteiger partial charge in [0.1, 0.15) is 6.67 Å².